The molecule has 0 bridgehead atoms. The van der Waals surface area contributed by atoms with Crippen molar-refractivity contribution < 1.29 is 40.6 Å². The van der Waals surface area contributed by atoms with Crippen molar-refractivity contribution >= 4 is 0 Å². The molecule has 0 saturated carbocycles. The standard InChI is InChI=1S/C4F8.H2O/c5-2(6)1(3(7,8)9)4(10,11)12;/h;1H2. The van der Waals surface area contributed by atoms with Crippen LogP contribution >= 0.6 is 0 Å². The van der Waals surface area contributed by atoms with E-state index in [1.807, 2.05) is 0 Å². The highest BCUT2D eigenvalue weighted by Gasteiger charge is 2.54. The molecule has 0 heterocycles. The first-order valence-corrected chi connectivity index (χ1v) is 2.26. The summed E-state index contributed by atoms with van der Waals surface area (Å²) in [6.45, 7) is 0. The Labute approximate surface area is 65.9 Å². The molecule has 0 aromatic rings. The number of hydrogen-bond acceptors (Lipinski definition) is 0. The summed E-state index contributed by atoms with van der Waals surface area (Å²) >= 11 is 0. The number of halogens is 8. The number of alkyl halides is 6. The first-order valence-electron chi connectivity index (χ1n) is 2.26. The predicted octanol–water partition coefficient (Wildman–Crippen LogP) is 2.44. The SMILES string of the molecule is FC(F)=C(C(F)(F)F)C(F)(F)F.O. The summed E-state index contributed by atoms with van der Waals surface area (Å²) in [6, 6.07) is 0. The van der Waals surface area contributed by atoms with E-state index in [-0.39, 0.29) is 5.48 Å². The van der Waals surface area contributed by atoms with Crippen molar-refractivity contribution in [3.8, 4) is 0 Å². The normalized spacial score (nSPS) is 12.0. The molecule has 0 rings (SSSR count). The summed E-state index contributed by atoms with van der Waals surface area (Å²) in [5, 5.41) is 0. The van der Waals surface area contributed by atoms with Gasteiger partial charge in [-0.3, -0.25) is 0 Å². The van der Waals surface area contributed by atoms with Crippen molar-refractivity contribution in [1.29, 1.82) is 0 Å². The van der Waals surface area contributed by atoms with E-state index in [9.17, 15) is 35.1 Å². The zero-order valence-corrected chi connectivity index (χ0v) is 5.52. The first-order chi connectivity index (χ1) is 5.07. The summed E-state index contributed by atoms with van der Waals surface area (Å²) in [4.78, 5) is 0. The summed E-state index contributed by atoms with van der Waals surface area (Å²) in [7, 11) is 0. The van der Waals surface area contributed by atoms with Gasteiger partial charge in [0.15, 0.2) is 0 Å². The molecule has 0 aliphatic heterocycles. The lowest BCUT2D eigenvalue weighted by atomic mass is 10.3. The van der Waals surface area contributed by atoms with Crippen molar-refractivity contribution in [2.75, 3.05) is 0 Å². The molecule has 80 valence electrons. The molecule has 9 heteroatoms. The van der Waals surface area contributed by atoms with E-state index in [0.29, 0.717) is 0 Å². The van der Waals surface area contributed by atoms with Gasteiger partial charge < -0.3 is 5.48 Å². The summed E-state index contributed by atoms with van der Waals surface area (Å²) < 4.78 is 89.5. The van der Waals surface area contributed by atoms with Gasteiger partial charge in [-0.05, 0) is 0 Å². The minimum atomic E-state index is -6.07. The lowest BCUT2D eigenvalue weighted by Gasteiger charge is -2.12. The van der Waals surface area contributed by atoms with Crippen LogP contribution in [0.3, 0.4) is 0 Å². The van der Waals surface area contributed by atoms with Crippen LogP contribution in [0.2, 0.25) is 0 Å². The average molecular weight is 218 g/mol. The van der Waals surface area contributed by atoms with Crippen molar-refractivity contribution in [1.82, 2.24) is 0 Å². The Hall–Kier alpha value is -0.860. The molecule has 0 atom stereocenters. The highest BCUT2D eigenvalue weighted by molar-refractivity contribution is 5.15. The fourth-order valence-electron chi connectivity index (χ4n) is 0.375. The van der Waals surface area contributed by atoms with Gasteiger partial charge in [0.25, 0.3) is 6.08 Å². The van der Waals surface area contributed by atoms with Gasteiger partial charge in [-0.1, -0.05) is 0 Å². The van der Waals surface area contributed by atoms with E-state index < -0.39 is 24.0 Å². The van der Waals surface area contributed by atoms with E-state index in [2.05, 4.69) is 0 Å². The lowest BCUT2D eigenvalue weighted by Crippen LogP contribution is -2.26. The molecule has 0 unspecified atom stereocenters. The van der Waals surface area contributed by atoms with Crippen LogP contribution in [0.5, 0.6) is 0 Å². The predicted molar refractivity (Wildman–Crippen MR) is 25.0 cm³/mol. The first kappa shape index (κ1) is 14.7. The molecule has 0 fully saturated rings. The summed E-state index contributed by atoms with van der Waals surface area (Å²) in [6.07, 6.45) is -15.9. The maximum atomic E-state index is 11.2. The van der Waals surface area contributed by atoms with Gasteiger partial charge in [-0.15, -0.1) is 0 Å². The van der Waals surface area contributed by atoms with Crippen molar-refractivity contribution in [3.63, 3.8) is 0 Å². The second-order valence-electron chi connectivity index (χ2n) is 1.63. The minimum Gasteiger partial charge on any atom is -0.412 e. The van der Waals surface area contributed by atoms with Crippen LogP contribution in [-0.2, 0) is 0 Å². The largest absolute Gasteiger partial charge is 0.426 e. The molecule has 0 radical (unpaired) electrons. The van der Waals surface area contributed by atoms with Crippen LogP contribution in [0.15, 0.2) is 11.7 Å². The average Bonchev–Trinajstić information content (AvgIpc) is 1.49. The Morgan fingerprint density at radius 3 is 0.923 bits per heavy atom. The molecule has 0 aliphatic rings. The molecule has 0 spiro atoms. The topological polar surface area (TPSA) is 31.5 Å². The second kappa shape index (κ2) is 3.90. The van der Waals surface area contributed by atoms with Crippen molar-refractivity contribution in [2.45, 2.75) is 12.4 Å². The molecule has 0 aliphatic carbocycles. The smallest absolute Gasteiger partial charge is 0.412 e. The van der Waals surface area contributed by atoms with E-state index in [1.54, 1.807) is 0 Å². The second-order valence-corrected chi connectivity index (χ2v) is 1.63. The van der Waals surface area contributed by atoms with E-state index in [0.717, 1.165) is 0 Å². The van der Waals surface area contributed by atoms with Crippen LogP contribution in [-0.4, -0.2) is 17.8 Å². The molecule has 1 nitrogen and oxygen atoms in total. The maximum Gasteiger partial charge on any atom is 0.426 e. The van der Waals surface area contributed by atoms with Crippen molar-refractivity contribution in [2.24, 2.45) is 0 Å². The fraction of sp³-hybridized carbons (Fsp3) is 0.500. The van der Waals surface area contributed by atoms with E-state index >= 15 is 0 Å². The number of rotatable bonds is 0. The highest BCUT2D eigenvalue weighted by Crippen LogP contribution is 2.41. The van der Waals surface area contributed by atoms with Gasteiger partial charge in [0.2, 0.25) is 5.57 Å². The highest BCUT2D eigenvalue weighted by atomic mass is 19.4. The third-order valence-corrected chi connectivity index (χ3v) is 0.756. The molecule has 0 aromatic heterocycles. The third-order valence-electron chi connectivity index (χ3n) is 0.756. The van der Waals surface area contributed by atoms with Crippen LogP contribution in [0, 0.1) is 0 Å². The molecular formula is C4H2F8O. The molecule has 2 N–H and O–H groups in total. The fourth-order valence-corrected chi connectivity index (χ4v) is 0.375. The zero-order valence-electron chi connectivity index (χ0n) is 5.52. The zero-order chi connectivity index (χ0) is 10.2. The van der Waals surface area contributed by atoms with Gasteiger partial charge in [0, 0.05) is 0 Å². The molecule has 13 heavy (non-hydrogen) atoms. The number of allylic oxidation sites excluding steroid dienone is 1. The Morgan fingerprint density at radius 2 is 0.923 bits per heavy atom. The third kappa shape index (κ3) is 4.06. The lowest BCUT2D eigenvalue weighted by molar-refractivity contribution is -0.176. The van der Waals surface area contributed by atoms with Gasteiger partial charge in [-0.25, -0.2) is 0 Å². The van der Waals surface area contributed by atoms with Crippen LogP contribution < -0.4 is 0 Å². The maximum absolute atomic E-state index is 11.2. The summed E-state index contributed by atoms with van der Waals surface area (Å²) in [5.41, 5.74) is -3.75. The Balaban J connectivity index is 0. The monoisotopic (exact) mass is 218 g/mol. The van der Waals surface area contributed by atoms with Crippen LogP contribution in [0.1, 0.15) is 0 Å². The number of hydrogen-bond donors (Lipinski definition) is 0. The molecule has 0 amide bonds. The molecular weight excluding hydrogens is 216 g/mol. The Bertz CT molecular complexity index is 177. The summed E-state index contributed by atoms with van der Waals surface area (Å²) in [5.74, 6) is 0. The van der Waals surface area contributed by atoms with Gasteiger partial charge >= 0.3 is 12.4 Å². The quantitative estimate of drug-likeness (QED) is 0.559. The van der Waals surface area contributed by atoms with Gasteiger partial charge in [-0.2, -0.15) is 35.1 Å². The molecule has 0 aromatic carbocycles. The van der Waals surface area contributed by atoms with Crippen LogP contribution in [0.25, 0.3) is 0 Å². The van der Waals surface area contributed by atoms with Crippen molar-refractivity contribution in [3.05, 3.63) is 11.7 Å². The Kier molecular flexibility index (Phi) is 4.39. The van der Waals surface area contributed by atoms with E-state index in [4.69, 9.17) is 0 Å². The molecule has 0 saturated heterocycles. The Morgan fingerprint density at radius 1 is 0.692 bits per heavy atom. The van der Waals surface area contributed by atoms with E-state index in [1.165, 1.54) is 0 Å². The van der Waals surface area contributed by atoms with Crippen LogP contribution in [0.4, 0.5) is 35.1 Å². The minimum absolute atomic E-state index is 0. The van der Waals surface area contributed by atoms with Gasteiger partial charge in [0.05, 0.1) is 0 Å². The van der Waals surface area contributed by atoms with Gasteiger partial charge in [0.1, 0.15) is 0 Å².